The van der Waals surface area contributed by atoms with Gasteiger partial charge in [-0.1, -0.05) is 13.8 Å². The zero-order valence-electron chi connectivity index (χ0n) is 21.4. The Morgan fingerprint density at radius 2 is 1.74 bits per heavy atom. The Kier molecular flexibility index (Phi) is 8.45. The van der Waals surface area contributed by atoms with Crippen molar-refractivity contribution in [2.75, 3.05) is 6.54 Å². The molecule has 8 nitrogen and oxygen atoms in total. The molecule has 210 valence electrons. The van der Waals surface area contributed by atoms with Crippen LogP contribution in [0.4, 0.5) is 22.0 Å². The largest absolute Gasteiger partial charge is 0.435 e. The lowest BCUT2D eigenvalue weighted by Crippen LogP contribution is -2.27. The molecule has 0 spiro atoms. The Hall–Kier alpha value is -3.64. The summed E-state index contributed by atoms with van der Waals surface area (Å²) in [6.45, 7) is 3.90. The summed E-state index contributed by atoms with van der Waals surface area (Å²) in [4.78, 5) is 25.2. The Labute approximate surface area is 221 Å². The van der Waals surface area contributed by atoms with Crippen LogP contribution in [-0.2, 0) is 11.0 Å². The van der Waals surface area contributed by atoms with Crippen molar-refractivity contribution < 1.29 is 36.0 Å². The molecule has 0 atom stereocenters. The van der Waals surface area contributed by atoms with Gasteiger partial charge in [-0.25, -0.2) is 13.5 Å². The molecule has 1 saturated carbocycles. The van der Waals surface area contributed by atoms with E-state index in [-0.39, 0.29) is 48.6 Å². The third-order valence-corrected chi connectivity index (χ3v) is 6.71. The molecule has 4 rings (SSSR count). The summed E-state index contributed by atoms with van der Waals surface area (Å²) >= 11 is 0. The summed E-state index contributed by atoms with van der Waals surface area (Å²) in [5.41, 5.74) is -2.59. The highest BCUT2D eigenvalue weighted by atomic mass is 19.4. The molecule has 2 heterocycles. The van der Waals surface area contributed by atoms with Crippen LogP contribution in [0.15, 0.2) is 28.8 Å². The second-order valence-electron chi connectivity index (χ2n) is 9.97. The number of amides is 1. The molecule has 1 aliphatic rings. The Morgan fingerprint density at radius 1 is 1.08 bits per heavy atom. The van der Waals surface area contributed by atoms with E-state index in [0.717, 1.165) is 31.2 Å². The van der Waals surface area contributed by atoms with Crippen molar-refractivity contribution in [1.29, 1.82) is 0 Å². The molecular formula is C26H28F5N5O3. The standard InChI is InChI=1S/C26H28F5N5O3/c1-14(2)24-33-34-25(39-24)16-7-5-15(6-8-16)21(37)4-3-9-32-23(38)20-13-36(35-22(20)26(29,30)31)19-11-17(27)10-18(28)12-19/h10-16H,3-9H2,1-2H3,(H,32,38). The van der Waals surface area contributed by atoms with Crippen LogP contribution in [0.25, 0.3) is 5.69 Å². The summed E-state index contributed by atoms with van der Waals surface area (Å²) < 4.78 is 73.9. The fraction of sp³-hybridized carbons (Fsp3) is 0.500. The maximum Gasteiger partial charge on any atom is 0.435 e. The lowest BCUT2D eigenvalue weighted by molar-refractivity contribution is -0.141. The molecule has 1 amide bonds. The number of nitrogens with zero attached hydrogens (tertiary/aromatic N) is 4. The fourth-order valence-electron chi connectivity index (χ4n) is 4.62. The fourth-order valence-corrected chi connectivity index (χ4v) is 4.62. The van der Waals surface area contributed by atoms with Crippen LogP contribution in [0.3, 0.4) is 0 Å². The molecule has 2 aromatic heterocycles. The second kappa shape index (κ2) is 11.6. The maximum atomic E-state index is 13.5. The first-order valence-electron chi connectivity index (χ1n) is 12.7. The molecule has 1 aromatic carbocycles. The van der Waals surface area contributed by atoms with Crippen molar-refractivity contribution in [3.8, 4) is 5.69 Å². The molecular weight excluding hydrogens is 525 g/mol. The molecule has 0 bridgehead atoms. The van der Waals surface area contributed by atoms with E-state index >= 15 is 0 Å². The van der Waals surface area contributed by atoms with Gasteiger partial charge in [-0.3, -0.25) is 9.59 Å². The molecule has 0 aliphatic heterocycles. The predicted molar refractivity (Wildman–Crippen MR) is 128 cm³/mol. The number of rotatable bonds is 9. The molecule has 39 heavy (non-hydrogen) atoms. The zero-order valence-corrected chi connectivity index (χ0v) is 21.4. The third kappa shape index (κ3) is 6.87. The van der Waals surface area contributed by atoms with Crippen LogP contribution < -0.4 is 5.32 Å². The Morgan fingerprint density at radius 3 is 2.33 bits per heavy atom. The third-order valence-electron chi connectivity index (χ3n) is 6.71. The SMILES string of the molecule is CC(C)c1nnc(C2CCC(C(=O)CCCNC(=O)c3cn(-c4cc(F)cc(F)c4)nc3C(F)(F)F)CC2)o1. The minimum Gasteiger partial charge on any atom is -0.425 e. The number of hydrogen-bond acceptors (Lipinski definition) is 6. The van der Waals surface area contributed by atoms with Crippen molar-refractivity contribution in [1.82, 2.24) is 25.3 Å². The first kappa shape index (κ1) is 28.4. The van der Waals surface area contributed by atoms with E-state index in [0.29, 0.717) is 35.4 Å². The summed E-state index contributed by atoms with van der Waals surface area (Å²) in [6.07, 6.45) is -0.968. The number of carbonyl (C=O) groups is 2. The van der Waals surface area contributed by atoms with E-state index in [1.54, 1.807) is 0 Å². The Bertz CT molecular complexity index is 1310. The number of nitrogens with one attached hydrogen (secondary N) is 1. The van der Waals surface area contributed by atoms with E-state index in [1.807, 2.05) is 13.8 Å². The van der Waals surface area contributed by atoms with Gasteiger partial charge in [0.15, 0.2) is 5.69 Å². The van der Waals surface area contributed by atoms with Crippen molar-refractivity contribution in [2.45, 2.75) is 70.4 Å². The van der Waals surface area contributed by atoms with Gasteiger partial charge < -0.3 is 9.73 Å². The molecule has 3 aromatic rings. The minimum atomic E-state index is -4.98. The smallest absolute Gasteiger partial charge is 0.425 e. The quantitative estimate of drug-likeness (QED) is 0.268. The highest BCUT2D eigenvalue weighted by Gasteiger charge is 2.39. The van der Waals surface area contributed by atoms with Crippen molar-refractivity contribution in [2.24, 2.45) is 5.92 Å². The van der Waals surface area contributed by atoms with Gasteiger partial charge in [0, 0.05) is 43.0 Å². The molecule has 1 aliphatic carbocycles. The molecule has 1 N–H and O–H groups in total. The predicted octanol–water partition coefficient (Wildman–Crippen LogP) is 5.73. The first-order valence-corrected chi connectivity index (χ1v) is 12.7. The summed E-state index contributed by atoms with van der Waals surface area (Å²) in [5, 5.41) is 13.9. The minimum absolute atomic E-state index is 0.0308. The van der Waals surface area contributed by atoms with Crippen LogP contribution in [0.2, 0.25) is 0 Å². The number of alkyl halides is 3. The number of carbonyl (C=O) groups excluding carboxylic acids is 2. The van der Waals surface area contributed by atoms with Gasteiger partial charge in [-0.15, -0.1) is 10.2 Å². The zero-order chi connectivity index (χ0) is 28.3. The van der Waals surface area contributed by atoms with Gasteiger partial charge >= 0.3 is 6.18 Å². The second-order valence-corrected chi connectivity index (χ2v) is 9.97. The van der Waals surface area contributed by atoms with Crippen molar-refractivity contribution in [3.05, 3.63) is 59.1 Å². The number of Topliss-reactive ketones (excluding diaryl/α,β-unsaturated/α-hetero) is 1. The van der Waals surface area contributed by atoms with Crippen LogP contribution in [0, 0.1) is 17.6 Å². The van der Waals surface area contributed by atoms with Crippen LogP contribution in [0.5, 0.6) is 0 Å². The summed E-state index contributed by atoms with van der Waals surface area (Å²) in [6, 6.07) is 2.15. The summed E-state index contributed by atoms with van der Waals surface area (Å²) in [7, 11) is 0. The molecule has 0 saturated heterocycles. The lowest BCUT2D eigenvalue weighted by atomic mass is 9.79. The van der Waals surface area contributed by atoms with E-state index in [9.17, 15) is 31.5 Å². The van der Waals surface area contributed by atoms with E-state index < -0.39 is 35.0 Å². The number of hydrogen-bond donors (Lipinski definition) is 1. The van der Waals surface area contributed by atoms with Gasteiger partial charge in [0.05, 0.1) is 11.3 Å². The highest BCUT2D eigenvalue weighted by molar-refractivity contribution is 5.95. The maximum absolute atomic E-state index is 13.5. The van der Waals surface area contributed by atoms with Gasteiger partial charge in [0.2, 0.25) is 11.8 Å². The van der Waals surface area contributed by atoms with Gasteiger partial charge in [0.25, 0.3) is 5.91 Å². The molecule has 1 fully saturated rings. The normalized spacial score (nSPS) is 17.9. The molecule has 13 heteroatoms. The van der Waals surface area contributed by atoms with Crippen molar-refractivity contribution >= 4 is 11.7 Å². The molecule has 0 unspecified atom stereocenters. The van der Waals surface area contributed by atoms with Gasteiger partial charge in [0.1, 0.15) is 17.4 Å². The monoisotopic (exact) mass is 553 g/mol. The number of benzene rings is 1. The average Bonchev–Trinajstić information content (AvgIpc) is 3.54. The number of aromatic nitrogens is 4. The van der Waals surface area contributed by atoms with Crippen LogP contribution >= 0.6 is 0 Å². The van der Waals surface area contributed by atoms with Crippen LogP contribution in [0.1, 0.15) is 92.0 Å². The highest BCUT2D eigenvalue weighted by Crippen LogP contribution is 2.36. The molecule has 0 radical (unpaired) electrons. The number of halogens is 5. The van der Waals surface area contributed by atoms with E-state index in [4.69, 9.17) is 4.42 Å². The topological polar surface area (TPSA) is 103 Å². The lowest BCUT2D eigenvalue weighted by Gasteiger charge is -2.25. The van der Waals surface area contributed by atoms with Gasteiger partial charge in [-0.2, -0.15) is 18.3 Å². The van der Waals surface area contributed by atoms with E-state index in [1.165, 1.54) is 0 Å². The first-order chi connectivity index (χ1) is 18.4. The number of ketones is 1. The van der Waals surface area contributed by atoms with Gasteiger partial charge in [-0.05, 0) is 44.2 Å². The van der Waals surface area contributed by atoms with Crippen LogP contribution in [-0.4, -0.2) is 38.2 Å². The Balaban J connectivity index is 1.29. The van der Waals surface area contributed by atoms with E-state index in [2.05, 4.69) is 20.6 Å². The van der Waals surface area contributed by atoms with Crippen molar-refractivity contribution in [3.63, 3.8) is 0 Å². The summed E-state index contributed by atoms with van der Waals surface area (Å²) in [5.74, 6) is -1.74. The average molecular weight is 554 g/mol.